The standard InChI is InChI=1S/C15H16BrNO/c1-10(2)9-17-15(18)13-4-3-12-8-14(16)6-5-11(12)7-13/h3-8,10H,9H2,1-2H3,(H,17,18). The van der Waals surface area contributed by atoms with Crippen LogP contribution >= 0.6 is 15.9 Å². The molecule has 0 aliphatic heterocycles. The summed E-state index contributed by atoms with van der Waals surface area (Å²) in [7, 11) is 0. The average molecular weight is 306 g/mol. The van der Waals surface area contributed by atoms with Gasteiger partial charge in [0.2, 0.25) is 0 Å². The van der Waals surface area contributed by atoms with E-state index in [0.717, 1.165) is 15.2 Å². The predicted molar refractivity (Wildman–Crippen MR) is 78.8 cm³/mol. The van der Waals surface area contributed by atoms with E-state index in [0.29, 0.717) is 18.0 Å². The van der Waals surface area contributed by atoms with Crippen LogP contribution in [-0.4, -0.2) is 12.5 Å². The Bertz CT molecular complexity index is 578. The largest absolute Gasteiger partial charge is 0.352 e. The van der Waals surface area contributed by atoms with E-state index in [-0.39, 0.29) is 5.91 Å². The maximum Gasteiger partial charge on any atom is 0.251 e. The SMILES string of the molecule is CC(C)CNC(=O)c1ccc2cc(Br)ccc2c1. The van der Waals surface area contributed by atoms with Crippen LogP contribution in [0.1, 0.15) is 24.2 Å². The summed E-state index contributed by atoms with van der Waals surface area (Å²) in [6, 6.07) is 11.8. The molecule has 0 aromatic heterocycles. The van der Waals surface area contributed by atoms with Crippen LogP contribution in [0.3, 0.4) is 0 Å². The van der Waals surface area contributed by atoms with E-state index in [1.807, 2.05) is 36.4 Å². The molecule has 0 spiro atoms. The van der Waals surface area contributed by atoms with E-state index >= 15 is 0 Å². The second-order valence-corrected chi connectivity index (χ2v) is 5.73. The van der Waals surface area contributed by atoms with E-state index in [4.69, 9.17) is 0 Å². The Morgan fingerprint density at radius 2 is 1.83 bits per heavy atom. The number of hydrogen-bond acceptors (Lipinski definition) is 1. The van der Waals surface area contributed by atoms with E-state index in [1.165, 1.54) is 0 Å². The lowest BCUT2D eigenvalue weighted by Crippen LogP contribution is -2.27. The number of nitrogens with one attached hydrogen (secondary N) is 1. The molecule has 0 saturated heterocycles. The smallest absolute Gasteiger partial charge is 0.251 e. The van der Waals surface area contributed by atoms with E-state index in [9.17, 15) is 4.79 Å². The Kier molecular flexibility index (Phi) is 4.02. The molecule has 0 heterocycles. The molecule has 94 valence electrons. The molecule has 2 aromatic carbocycles. The van der Waals surface area contributed by atoms with Gasteiger partial charge in [-0.05, 0) is 41.0 Å². The maximum absolute atomic E-state index is 11.9. The van der Waals surface area contributed by atoms with Crippen molar-refractivity contribution in [3.8, 4) is 0 Å². The molecule has 0 atom stereocenters. The summed E-state index contributed by atoms with van der Waals surface area (Å²) in [5.41, 5.74) is 0.713. The van der Waals surface area contributed by atoms with Crippen molar-refractivity contribution < 1.29 is 4.79 Å². The van der Waals surface area contributed by atoms with Crippen molar-refractivity contribution in [1.82, 2.24) is 5.32 Å². The van der Waals surface area contributed by atoms with E-state index in [1.54, 1.807) is 0 Å². The van der Waals surface area contributed by atoms with Gasteiger partial charge in [0.05, 0.1) is 0 Å². The van der Waals surface area contributed by atoms with Gasteiger partial charge in [0, 0.05) is 16.6 Å². The van der Waals surface area contributed by atoms with Crippen LogP contribution in [0.25, 0.3) is 10.8 Å². The highest BCUT2D eigenvalue weighted by molar-refractivity contribution is 9.10. The van der Waals surface area contributed by atoms with Crippen molar-refractivity contribution in [1.29, 1.82) is 0 Å². The first-order valence-electron chi connectivity index (χ1n) is 6.04. The van der Waals surface area contributed by atoms with Crippen molar-refractivity contribution in [2.75, 3.05) is 6.54 Å². The highest BCUT2D eigenvalue weighted by Gasteiger charge is 2.06. The summed E-state index contributed by atoms with van der Waals surface area (Å²) in [4.78, 5) is 11.9. The molecule has 0 fully saturated rings. The van der Waals surface area contributed by atoms with Crippen molar-refractivity contribution >= 4 is 32.6 Å². The second kappa shape index (κ2) is 5.53. The number of carbonyl (C=O) groups is 1. The lowest BCUT2D eigenvalue weighted by molar-refractivity contribution is 0.0949. The van der Waals surface area contributed by atoms with Crippen LogP contribution in [0.4, 0.5) is 0 Å². The quantitative estimate of drug-likeness (QED) is 0.913. The van der Waals surface area contributed by atoms with Gasteiger partial charge in [-0.2, -0.15) is 0 Å². The van der Waals surface area contributed by atoms with Crippen LogP contribution in [0.2, 0.25) is 0 Å². The van der Waals surface area contributed by atoms with Gasteiger partial charge < -0.3 is 5.32 Å². The Labute approximate surface area is 116 Å². The summed E-state index contributed by atoms with van der Waals surface area (Å²) < 4.78 is 1.05. The van der Waals surface area contributed by atoms with Crippen molar-refractivity contribution in [3.05, 3.63) is 46.4 Å². The van der Waals surface area contributed by atoms with E-state index < -0.39 is 0 Å². The Hall–Kier alpha value is -1.35. The molecule has 0 aliphatic rings. The highest BCUT2D eigenvalue weighted by atomic mass is 79.9. The van der Waals surface area contributed by atoms with Gasteiger partial charge in [0.1, 0.15) is 0 Å². The van der Waals surface area contributed by atoms with Gasteiger partial charge in [0.15, 0.2) is 0 Å². The first-order chi connectivity index (χ1) is 8.56. The minimum absolute atomic E-state index is 0.00600. The number of rotatable bonds is 3. The molecule has 0 bridgehead atoms. The van der Waals surface area contributed by atoms with Gasteiger partial charge >= 0.3 is 0 Å². The molecular formula is C15H16BrNO. The third-order valence-electron chi connectivity index (χ3n) is 2.74. The minimum Gasteiger partial charge on any atom is -0.352 e. The summed E-state index contributed by atoms with van der Waals surface area (Å²) in [6.07, 6.45) is 0. The molecule has 0 radical (unpaired) electrons. The molecule has 1 N–H and O–H groups in total. The Morgan fingerprint density at radius 3 is 2.56 bits per heavy atom. The molecule has 0 saturated carbocycles. The van der Waals surface area contributed by atoms with Gasteiger partial charge in [0.25, 0.3) is 5.91 Å². The third kappa shape index (κ3) is 3.10. The van der Waals surface area contributed by atoms with Gasteiger partial charge in [-0.25, -0.2) is 0 Å². The number of halogens is 1. The van der Waals surface area contributed by atoms with Crippen molar-refractivity contribution in [2.24, 2.45) is 5.92 Å². The molecule has 1 amide bonds. The molecule has 3 heteroatoms. The molecule has 2 nitrogen and oxygen atoms in total. The summed E-state index contributed by atoms with van der Waals surface area (Å²) in [5, 5.41) is 5.13. The molecule has 2 rings (SSSR count). The summed E-state index contributed by atoms with van der Waals surface area (Å²) in [6.45, 7) is 4.87. The van der Waals surface area contributed by atoms with Crippen LogP contribution < -0.4 is 5.32 Å². The summed E-state index contributed by atoms with van der Waals surface area (Å²) >= 11 is 3.44. The van der Waals surface area contributed by atoms with Crippen LogP contribution in [0.5, 0.6) is 0 Å². The monoisotopic (exact) mass is 305 g/mol. The van der Waals surface area contributed by atoms with Crippen LogP contribution in [-0.2, 0) is 0 Å². The van der Waals surface area contributed by atoms with Crippen LogP contribution in [0, 0.1) is 5.92 Å². The number of fused-ring (bicyclic) bond motifs is 1. The van der Waals surface area contributed by atoms with Crippen LogP contribution in [0.15, 0.2) is 40.9 Å². The van der Waals surface area contributed by atoms with Gasteiger partial charge in [-0.15, -0.1) is 0 Å². The summed E-state index contributed by atoms with van der Waals surface area (Å²) in [5.74, 6) is 0.457. The zero-order valence-electron chi connectivity index (χ0n) is 10.5. The zero-order valence-corrected chi connectivity index (χ0v) is 12.1. The fourth-order valence-corrected chi connectivity index (χ4v) is 2.14. The Balaban J connectivity index is 2.24. The lowest BCUT2D eigenvalue weighted by atomic mass is 10.1. The van der Waals surface area contributed by atoms with Gasteiger partial charge in [-0.3, -0.25) is 4.79 Å². The lowest BCUT2D eigenvalue weighted by Gasteiger charge is -2.08. The van der Waals surface area contributed by atoms with E-state index in [2.05, 4.69) is 35.1 Å². The molecular weight excluding hydrogens is 290 g/mol. The number of hydrogen-bond donors (Lipinski definition) is 1. The average Bonchev–Trinajstić information content (AvgIpc) is 2.35. The fourth-order valence-electron chi connectivity index (χ4n) is 1.76. The molecule has 2 aromatic rings. The fraction of sp³-hybridized carbons (Fsp3) is 0.267. The third-order valence-corrected chi connectivity index (χ3v) is 3.23. The highest BCUT2D eigenvalue weighted by Crippen LogP contribution is 2.20. The number of amides is 1. The van der Waals surface area contributed by atoms with Crippen molar-refractivity contribution in [2.45, 2.75) is 13.8 Å². The van der Waals surface area contributed by atoms with Crippen molar-refractivity contribution in [3.63, 3.8) is 0 Å². The topological polar surface area (TPSA) is 29.1 Å². The maximum atomic E-state index is 11.9. The predicted octanol–water partition coefficient (Wildman–Crippen LogP) is 3.99. The minimum atomic E-state index is -0.00600. The molecule has 18 heavy (non-hydrogen) atoms. The molecule has 0 unspecified atom stereocenters. The Morgan fingerprint density at radius 1 is 1.17 bits per heavy atom. The first-order valence-corrected chi connectivity index (χ1v) is 6.83. The number of carbonyl (C=O) groups excluding carboxylic acids is 1. The molecule has 0 aliphatic carbocycles. The normalized spacial score (nSPS) is 10.9. The second-order valence-electron chi connectivity index (χ2n) is 4.81. The number of benzene rings is 2. The van der Waals surface area contributed by atoms with Gasteiger partial charge in [-0.1, -0.05) is 41.9 Å². The zero-order chi connectivity index (χ0) is 13.1. The first kappa shape index (κ1) is 13.1.